The number of ether oxygens (including phenoxy) is 2. The van der Waals surface area contributed by atoms with Crippen LogP contribution in [0, 0.1) is 5.92 Å². The van der Waals surface area contributed by atoms with Crippen LogP contribution >= 0.6 is 0 Å². The molecular weight excluding hydrogens is 322 g/mol. The number of rotatable bonds is 7. The molecule has 1 unspecified atom stereocenters. The van der Waals surface area contributed by atoms with E-state index < -0.39 is 11.9 Å². The summed E-state index contributed by atoms with van der Waals surface area (Å²) in [4.78, 5) is 25.0. The molecule has 136 valence electrons. The number of likely N-dealkylation sites (tertiary alicyclic amines) is 1. The molecule has 1 amide bonds. The molecule has 2 rings (SSSR count). The van der Waals surface area contributed by atoms with E-state index in [4.69, 9.17) is 14.6 Å². The van der Waals surface area contributed by atoms with Crippen LogP contribution < -0.4 is 9.47 Å². The van der Waals surface area contributed by atoms with Crippen molar-refractivity contribution in [1.29, 1.82) is 0 Å². The first kappa shape index (κ1) is 18.8. The maximum atomic E-state index is 12.3. The second-order valence-electron chi connectivity index (χ2n) is 6.05. The van der Waals surface area contributed by atoms with E-state index in [-0.39, 0.29) is 12.5 Å². The molecule has 1 fully saturated rings. The van der Waals surface area contributed by atoms with Gasteiger partial charge in [0.25, 0.3) is 0 Å². The average Bonchev–Trinajstić information content (AvgIpc) is 2.64. The van der Waals surface area contributed by atoms with Gasteiger partial charge in [-0.25, -0.2) is 0 Å². The third-order valence-corrected chi connectivity index (χ3v) is 4.15. The molecule has 1 aliphatic rings. The summed E-state index contributed by atoms with van der Waals surface area (Å²) in [7, 11) is 1.58. The minimum Gasteiger partial charge on any atom is -0.493 e. The SMILES string of the molecule is CCCOc1ccc(/C=C/C(=O)N2CCCC(C(=O)O)C2)cc1OC. The van der Waals surface area contributed by atoms with Gasteiger partial charge in [-0.15, -0.1) is 0 Å². The van der Waals surface area contributed by atoms with Gasteiger partial charge in [-0.05, 0) is 43.0 Å². The number of carbonyl (C=O) groups excluding carboxylic acids is 1. The zero-order chi connectivity index (χ0) is 18.2. The molecule has 6 heteroatoms. The zero-order valence-electron chi connectivity index (χ0n) is 14.7. The molecule has 0 radical (unpaired) electrons. The summed E-state index contributed by atoms with van der Waals surface area (Å²) in [6, 6.07) is 5.48. The highest BCUT2D eigenvalue weighted by Gasteiger charge is 2.27. The summed E-state index contributed by atoms with van der Waals surface area (Å²) in [5.41, 5.74) is 0.820. The minimum absolute atomic E-state index is 0.170. The number of methoxy groups -OCH3 is 1. The lowest BCUT2D eigenvalue weighted by atomic mass is 9.98. The van der Waals surface area contributed by atoms with Gasteiger partial charge in [-0.1, -0.05) is 13.0 Å². The summed E-state index contributed by atoms with van der Waals surface area (Å²) >= 11 is 0. The lowest BCUT2D eigenvalue weighted by Gasteiger charge is -2.29. The smallest absolute Gasteiger partial charge is 0.308 e. The van der Waals surface area contributed by atoms with Crippen LogP contribution in [0.4, 0.5) is 0 Å². The predicted molar refractivity (Wildman–Crippen MR) is 94.8 cm³/mol. The van der Waals surface area contributed by atoms with Crippen LogP contribution in [0.5, 0.6) is 11.5 Å². The minimum atomic E-state index is -0.839. The van der Waals surface area contributed by atoms with E-state index in [0.717, 1.165) is 12.0 Å². The fourth-order valence-corrected chi connectivity index (χ4v) is 2.77. The van der Waals surface area contributed by atoms with E-state index in [1.807, 2.05) is 25.1 Å². The lowest BCUT2D eigenvalue weighted by molar-refractivity contribution is -0.144. The van der Waals surface area contributed by atoms with E-state index in [0.29, 0.717) is 37.5 Å². The Labute approximate surface area is 148 Å². The number of benzene rings is 1. The summed E-state index contributed by atoms with van der Waals surface area (Å²) in [5, 5.41) is 9.11. The third-order valence-electron chi connectivity index (χ3n) is 4.15. The number of carboxylic acids is 1. The molecule has 25 heavy (non-hydrogen) atoms. The van der Waals surface area contributed by atoms with Crippen molar-refractivity contribution in [2.75, 3.05) is 26.8 Å². The van der Waals surface area contributed by atoms with Crippen LogP contribution in [0.2, 0.25) is 0 Å². The van der Waals surface area contributed by atoms with E-state index in [9.17, 15) is 9.59 Å². The van der Waals surface area contributed by atoms with Gasteiger partial charge in [0.15, 0.2) is 11.5 Å². The average molecular weight is 347 g/mol. The molecule has 0 aromatic heterocycles. The number of aliphatic carboxylic acids is 1. The predicted octanol–water partition coefficient (Wildman–Crippen LogP) is 2.82. The maximum absolute atomic E-state index is 12.3. The number of piperidine rings is 1. The standard InChI is InChI=1S/C19H25NO5/c1-3-11-25-16-8-6-14(12-17(16)24-2)7-9-18(21)20-10-4-5-15(13-20)19(22)23/h6-9,12,15H,3-5,10-11,13H2,1-2H3,(H,22,23)/b9-7+. The van der Waals surface area contributed by atoms with E-state index >= 15 is 0 Å². The van der Waals surface area contributed by atoms with Gasteiger partial charge < -0.3 is 19.5 Å². The van der Waals surface area contributed by atoms with E-state index in [1.54, 1.807) is 18.1 Å². The number of amides is 1. The molecule has 1 saturated heterocycles. The van der Waals surface area contributed by atoms with Gasteiger partial charge in [0, 0.05) is 19.2 Å². The molecule has 0 spiro atoms. The topological polar surface area (TPSA) is 76.1 Å². The molecule has 1 aromatic carbocycles. The van der Waals surface area contributed by atoms with Gasteiger partial charge in [-0.3, -0.25) is 9.59 Å². The van der Waals surface area contributed by atoms with Crippen molar-refractivity contribution in [2.24, 2.45) is 5.92 Å². The summed E-state index contributed by atoms with van der Waals surface area (Å²) in [6.07, 6.45) is 5.43. The Morgan fingerprint density at radius 2 is 2.16 bits per heavy atom. The van der Waals surface area contributed by atoms with Crippen LogP contribution in [0.1, 0.15) is 31.7 Å². The number of nitrogens with zero attached hydrogens (tertiary/aromatic N) is 1. The van der Waals surface area contributed by atoms with Crippen molar-refractivity contribution in [2.45, 2.75) is 26.2 Å². The molecule has 1 aromatic rings. The van der Waals surface area contributed by atoms with Crippen molar-refractivity contribution in [1.82, 2.24) is 4.90 Å². The van der Waals surface area contributed by atoms with Gasteiger partial charge >= 0.3 is 5.97 Å². The number of carboxylic acid groups (broad SMARTS) is 1. The fraction of sp³-hybridized carbons (Fsp3) is 0.474. The van der Waals surface area contributed by atoms with E-state index in [2.05, 4.69) is 0 Å². The molecule has 6 nitrogen and oxygen atoms in total. The first-order valence-electron chi connectivity index (χ1n) is 8.55. The largest absolute Gasteiger partial charge is 0.493 e. The molecule has 0 saturated carbocycles. The van der Waals surface area contributed by atoms with Gasteiger partial charge in [0.1, 0.15) is 0 Å². The Kier molecular flexibility index (Phi) is 6.86. The fourth-order valence-electron chi connectivity index (χ4n) is 2.77. The lowest BCUT2D eigenvalue weighted by Crippen LogP contribution is -2.41. The normalized spacial score (nSPS) is 17.5. The van der Waals surface area contributed by atoms with Crippen molar-refractivity contribution in [3.8, 4) is 11.5 Å². The van der Waals surface area contributed by atoms with Crippen LogP contribution in [-0.4, -0.2) is 48.7 Å². The first-order valence-corrected chi connectivity index (χ1v) is 8.55. The van der Waals surface area contributed by atoms with Gasteiger partial charge in [-0.2, -0.15) is 0 Å². The zero-order valence-corrected chi connectivity index (χ0v) is 14.7. The summed E-state index contributed by atoms with van der Waals surface area (Å²) < 4.78 is 10.9. The van der Waals surface area contributed by atoms with Crippen LogP contribution in [-0.2, 0) is 9.59 Å². The van der Waals surface area contributed by atoms with Crippen LogP contribution in [0.25, 0.3) is 6.08 Å². The number of carbonyl (C=O) groups is 2. The third kappa shape index (κ3) is 5.24. The molecule has 0 bridgehead atoms. The van der Waals surface area contributed by atoms with E-state index in [1.165, 1.54) is 6.08 Å². The second-order valence-corrected chi connectivity index (χ2v) is 6.05. The maximum Gasteiger partial charge on any atom is 0.308 e. The molecular formula is C19H25NO5. The Balaban J connectivity index is 2.02. The van der Waals surface area contributed by atoms with Crippen LogP contribution in [0.3, 0.4) is 0 Å². The Hall–Kier alpha value is -2.50. The highest BCUT2D eigenvalue weighted by atomic mass is 16.5. The molecule has 1 aliphatic heterocycles. The molecule has 1 heterocycles. The highest BCUT2D eigenvalue weighted by Crippen LogP contribution is 2.28. The molecule has 0 aliphatic carbocycles. The Morgan fingerprint density at radius 3 is 2.84 bits per heavy atom. The summed E-state index contributed by atoms with van der Waals surface area (Å²) in [6.45, 7) is 3.51. The molecule has 1 atom stereocenters. The number of hydrogen-bond acceptors (Lipinski definition) is 4. The second kappa shape index (κ2) is 9.11. The van der Waals surface area contributed by atoms with Gasteiger partial charge in [0.2, 0.25) is 5.91 Å². The van der Waals surface area contributed by atoms with Crippen molar-refractivity contribution in [3.63, 3.8) is 0 Å². The van der Waals surface area contributed by atoms with Crippen molar-refractivity contribution < 1.29 is 24.2 Å². The highest BCUT2D eigenvalue weighted by molar-refractivity contribution is 5.92. The van der Waals surface area contributed by atoms with Crippen LogP contribution in [0.15, 0.2) is 24.3 Å². The van der Waals surface area contributed by atoms with Gasteiger partial charge in [0.05, 0.1) is 19.6 Å². The van der Waals surface area contributed by atoms with Crippen molar-refractivity contribution >= 4 is 18.0 Å². The Morgan fingerprint density at radius 1 is 1.36 bits per heavy atom. The monoisotopic (exact) mass is 347 g/mol. The molecule has 1 N–H and O–H groups in total. The first-order chi connectivity index (χ1) is 12.0. The van der Waals surface area contributed by atoms with Crippen molar-refractivity contribution in [3.05, 3.63) is 29.8 Å². The summed E-state index contributed by atoms with van der Waals surface area (Å²) in [5.74, 6) is -0.188. The Bertz CT molecular complexity index is 641. The quantitative estimate of drug-likeness (QED) is 0.768. The number of hydrogen-bond donors (Lipinski definition) is 1.